The van der Waals surface area contributed by atoms with Crippen LogP contribution in [0, 0.1) is 6.92 Å². The van der Waals surface area contributed by atoms with E-state index in [4.69, 9.17) is 21.1 Å². The minimum atomic E-state index is -0.319. The topological polar surface area (TPSA) is 30.5 Å². The van der Waals surface area contributed by atoms with Gasteiger partial charge in [-0.3, -0.25) is 0 Å². The minimum absolute atomic E-state index is 0.0349. The molecule has 0 saturated carbocycles. The molecule has 0 amide bonds. The smallest absolute Gasteiger partial charge is 0.177 e. The number of rotatable bonds is 4. The highest BCUT2D eigenvalue weighted by Crippen LogP contribution is 2.29. The number of nitrogens with one attached hydrogen (secondary N) is 1. The van der Waals surface area contributed by atoms with Gasteiger partial charge in [0.05, 0.1) is 18.8 Å². The molecule has 1 fully saturated rings. The summed E-state index contributed by atoms with van der Waals surface area (Å²) in [4.78, 5) is 0. The Kier molecular flexibility index (Phi) is 5.34. The summed E-state index contributed by atoms with van der Waals surface area (Å²) < 4.78 is 12.1. The Morgan fingerprint density at radius 1 is 1.22 bits per heavy atom. The molecule has 23 heavy (non-hydrogen) atoms. The molecule has 122 valence electrons. The number of hydrogen-bond acceptors (Lipinski definition) is 3. The Balaban J connectivity index is 1.76. The van der Waals surface area contributed by atoms with Crippen molar-refractivity contribution in [2.45, 2.75) is 32.3 Å². The van der Waals surface area contributed by atoms with Crippen molar-refractivity contribution in [3.63, 3.8) is 0 Å². The van der Waals surface area contributed by atoms with E-state index in [-0.39, 0.29) is 18.4 Å². The Morgan fingerprint density at radius 2 is 2.00 bits per heavy atom. The first kappa shape index (κ1) is 16.5. The third kappa shape index (κ3) is 4.12. The standard InChI is InChI=1S/C19H22ClNO2/c1-13-10-16(12-17(20)11-13)14(2)23-19-18(21-8-9-22-19)15-6-4-3-5-7-15/h3-7,10-12,14,18-19,21H,8-9H2,1-2H3/t14-,18+,19-/m1/s1. The molecule has 1 N–H and O–H groups in total. The lowest BCUT2D eigenvalue weighted by Gasteiger charge is -2.34. The predicted octanol–water partition coefficient (Wildman–Crippen LogP) is 4.41. The van der Waals surface area contributed by atoms with Gasteiger partial charge >= 0.3 is 0 Å². The fourth-order valence-electron chi connectivity index (χ4n) is 2.91. The van der Waals surface area contributed by atoms with Crippen LogP contribution in [0.3, 0.4) is 0 Å². The van der Waals surface area contributed by atoms with Gasteiger partial charge in [0.2, 0.25) is 0 Å². The molecule has 1 aliphatic heterocycles. The normalized spacial score (nSPS) is 22.7. The molecule has 0 bridgehead atoms. The van der Waals surface area contributed by atoms with Crippen LogP contribution < -0.4 is 5.32 Å². The highest BCUT2D eigenvalue weighted by molar-refractivity contribution is 6.30. The number of hydrogen-bond donors (Lipinski definition) is 1. The fourth-order valence-corrected chi connectivity index (χ4v) is 3.21. The van der Waals surface area contributed by atoms with E-state index in [1.165, 1.54) is 5.56 Å². The molecular weight excluding hydrogens is 310 g/mol. The average Bonchev–Trinajstić information content (AvgIpc) is 2.55. The maximum atomic E-state index is 6.21. The van der Waals surface area contributed by atoms with Gasteiger partial charge in [0.1, 0.15) is 0 Å². The molecule has 1 aliphatic rings. The van der Waals surface area contributed by atoms with Gasteiger partial charge in [0.25, 0.3) is 0 Å². The van der Waals surface area contributed by atoms with E-state index in [1.807, 2.05) is 44.2 Å². The molecule has 3 nitrogen and oxygen atoms in total. The molecule has 0 aromatic heterocycles. The second-order valence-electron chi connectivity index (χ2n) is 5.92. The van der Waals surface area contributed by atoms with Crippen LogP contribution in [0.5, 0.6) is 0 Å². The summed E-state index contributed by atoms with van der Waals surface area (Å²) in [5.74, 6) is 0. The van der Waals surface area contributed by atoms with E-state index in [0.29, 0.717) is 6.61 Å². The summed E-state index contributed by atoms with van der Waals surface area (Å²) in [5, 5.41) is 4.22. The molecule has 0 aliphatic carbocycles. The van der Waals surface area contributed by atoms with Gasteiger partial charge in [-0.1, -0.05) is 48.0 Å². The van der Waals surface area contributed by atoms with E-state index in [0.717, 1.165) is 22.7 Å². The van der Waals surface area contributed by atoms with Crippen LogP contribution in [0.15, 0.2) is 48.5 Å². The van der Waals surface area contributed by atoms with Crippen molar-refractivity contribution in [3.05, 3.63) is 70.2 Å². The minimum Gasteiger partial charge on any atom is -0.349 e. The molecule has 0 radical (unpaired) electrons. The molecule has 0 spiro atoms. The number of ether oxygens (including phenoxy) is 2. The molecule has 3 atom stereocenters. The number of aryl methyl sites for hydroxylation is 1. The van der Waals surface area contributed by atoms with Crippen molar-refractivity contribution < 1.29 is 9.47 Å². The van der Waals surface area contributed by atoms with Gasteiger partial charge in [0, 0.05) is 11.6 Å². The van der Waals surface area contributed by atoms with Crippen LogP contribution in [0.25, 0.3) is 0 Å². The van der Waals surface area contributed by atoms with E-state index in [2.05, 4.69) is 23.5 Å². The van der Waals surface area contributed by atoms with Crippen LogP contribution in [-0.2, 0) is 9.47 Å². The first-order valence-electron chi connectivity index (χ1n) is 7.96. The van der Waals surface area contributed by atoms with Gasteiger partial charge in [-0.25, -0.2) is 0 Å². The van der Waals surface area contributed by atoms with Crippen LogP contribution >= 0.6 is 11.6 Å². The largest absolute Gasteiger partial charge is 0.349 e. The zero-order chi connectivity index (χ0) is 16.2. The maximum Gasteiger partial charge on any atom is 0.177 e. The lowest BCUT2D eigenvalue weighted by atomic mass is 10.0. The highest BCUT2D eigenvalue weighted by atomic mass is 35.5. The molecule has 4 heteroatoms. The first-order valence-corrected chi connectivity index (χ1v) is 8.34. The number of halogens is 1. The molecule has 0 unspecified atom stereocenters. The SMILES string of the molecule is Cc1cc(Cl)cc([C@@H](C)O[C@H]2OCCN[C@H]2c2ccccc2)c1. The zero-order valence-electron chi connectivity index (χ0n) is 13.5. The van der Waals surface area contributed by atoms with Gasteiger partial charge in [0.15, 0.2) is 6.29 Å². The van der Waals surface area contributed by atoms with Crippen LogP contribution in [0.1, 0.15) is 35.8 Å². The van der Waals surface area contributed by atoms with Gasteiger partial charge in [-0.15, -0.1) is 0 Å². The molecule has 1 saturated heterocycles. The van der Waals surface area contributed by atoms with Crippen LogP contribution in [0.2, 0.25) is 5.02 Å². The predicted molar refractivity (Wildman–Crippen MR) is 92.6 cm³/mol. The molecule has 2 aromatic rings. The average molecular weight is 332 g/mol. The summed E-state index contributed by atoms with van der Waals surface area (Å²) in [6.45, 7) is 5.54. The molecule has 2 aromatic carbocycles. The van der Waals surface area contributed by atoms with E-state index >= 15 is 0 Å². The maximum absolute atomic E-state index is 6.21. The van der Waals surface area contributed by atoms with Crippen molar-refractivity contribution in [1.82, 2.24) is 5.32 Å². The Labute approximate surface area is 142 Å². The van der Waals surface area contributed by atoms with E-state index < -0.39 is 0 Å². The van der Waals surface area contributed by atoms with Crippen molar-refractivity contribution in [2.75, 3.05) is 13.2 Å². The molecular formula is C19H22ClNO2. The van der Waals surface area contributed by atoms with Crippen molar-refractivity contribution >= 4 is 11.6 Å². The van der Waals surface area contributed by atoms with Gasteiger partial charge < -0.3 is 14.8 Å². The summed E-state index contributed by atoms with van der Waals surface area (Å²) in [6.07, 6.45) is -0.413. The number of benzene rings is 2. The zero-order valence-corrected chi connectivity index (χ0v) is 14.2. The quantitative estimate of drug-likeness (QED) is 0.900. The van der Waals surface area contributed by atoms with Crippen molar-refractivity contribution in [1.29, 1.82) is 0 Å². The Morgan fingerprint density at radius 3 is 2.74 bits per heavy atom. The molecule has 1 heterocycles. The highest BCUT2D eigenvalue weighted by Gasteiger charge is 2.29. The fraction of sp³-hybridized carbons (Fsp3) is 0.368. The van der Waals surface area contributed by atoms with Crippen molar-refractivity contribution in [3.8, 4) is 0 Å². The lowest BCUT2D eigenvalue weighted by Crippen LogP contribution is -2.43. The third-order valence-corrected chi connectivity index (χ3v) is 4.27. The van der Waals surface area contributed by atoms with E-state index in [9.17, 15) is 0 Å². The summed E-state index contributed by atoms with van der Waals surface area (Å²) in [6, 6.07) is 16.3. The summed E-state index contributed by atoms with van der Waals surface area (Å²) in [5.41, 5.74) is 3.37. The second-order valence-corrected chi connectivity index (χ2v) is 6.36. The lowest BCUT2D eigenvalue weighted by molar-refractivity contribution is -0.200. The molecule has 3 rings (SSSR count). The summed E-state index contributed by atoms with van der Waals surface area (Å²) >= 11 is 6.16. The third-order valence-electron chi connectivity index (χ3n) is 4.05. The monoisotopic (exact) mass is 331 g/mol. The summed E-state index contributed by atoms with van der Waals surface area (Å²) in [7, 11) is 0. The van der Waals surface area contributed by atoms with Gasteiger partial charge in [-0.2, -0.15) is 0 Å². The van der Waals surface area contributed by atoms with Crippen molar-refractivity contribution in [2.24, 2.45) is 0 Å². The van der Waals surface area contributed by atoms with Crippen LogP contribution in [-0.4, -0.2) is 19.4 Å². The van der Waals surface area contributed by atoms with E-state index in [1.54, 1.807) is 0 Å². The Bertz CT molecular complexity index is 627. The van der Waals surface area contributed by atoms with Crippen LogP contribution in [0.4, 0.5) is 0 Å². The van der Waals surface area contributed by atoms with Gasteiger partial charge in [-0.05, 0) is 42.7 Å². The number of morpholine rings is 1. The second kappa shape index (κ2) is 7.45. The first-order chi connectivity index (χ1) is 11.1. The Hall–Kier alpha value is -1.39.